The van der Waals surface area contributed by atoms with Crippen molar-refractivity contribution in [2.24, 2.45) is 10.7 Å². The summed E-state index contributed by atoms with van der Waals surface area (Å²) in [7, 11) is 0. The van der Waals surface area contributed by atoms with Crippen LogP contribution in [0.1, 0.15) is 16.1 Å². The summed E-state index contributed by atoms with van der Waals surface area (Å²) in [6.07, 6.45) is 2.93. The average molecular weight is 284 g/mol. The molecule has 0 unspecified atom stereocenters. The number of aromatic nitrogens is 1. The molecule has 3 rings (SSSR count). The van der Waals surface area contributed by atoms with Gasteiger partial charge in [0.05, 0.1) is 17.1 Å². The second kappa shape index (κ2) is 4.90. The third-order valence-electron chi connectivity index (χ3n) is 2.92. The lowest BCUT2D eigenvalue weighted by Gasteiger charge is -2.14. The molecule has 0 bridgehead atoms. The first-order valence-electron chi connectivity index (χ1n) is 5.96. The summed E-state index contributed by atoms with van der Waals surface area (Å²) in [5.41, 5.74) is 8.54. The van der Waals surface area contributed by atoms with E-state index in [2.05, 4.69) is 9.98 Å². The van der Waals surface area contributed by atoms with Gasteiger partial charge in [0.1, 0.15) is 5.69 Å². The highest BCUT2D eigenvalue weighted by atomic mass is 35.5. The van der Waals surface area contributed by atoms with Gasteiger partial charge in [0, 0.05) is 22.9 Å². The van der Waals surface area contributed by atoms with Gasteiger partial charge in [-0.05, 0) is 36.4 Å². The maximum absolute atomic E-state index is 11.8. The molecule has 0 radical (unpaired) electrons. The fourth-order valence-electron chi connectivity index (χ4n) is 2.00. The van der Waals surface area contributed by atoms with Crippen molar-refractivity contribution in [2.75, 3.05) is 0 Å². The quantitative estimate of drug-likeness (QED) is 0.875. The number of benzene rings is 1. The normalized spacial score (nSPS) is 15.9. The predicted octanol–water partition coefficient (Wildman–Crippen LogP) is 2.89. The SMILES string of the molecule is NC1=CC(=O)c2ncccc2C1=Nc1ccc(Cl)cc1. The van der Waals surface area contributed by atoms with Crippen molar-refractivity contribution in [2.45, 2.75) is 0 Å². The zero-order valence-corrected chi connectivity index (χ0v) is 11.1. The Hall–Kier alpha value is -2.46. The van der Waals surface area contributed by atoms with E-state index in [1.54, 1.807) is 42.6 Å². The van der Waals surface area contributed by atoms with E-state index >= 15 is 0 Å². The summed E-state index contributed by atoms with van der Waals surface area (Å²) >= 11 is 5.84. The molecule has 4 nitrogen and oxygen atoms in total. The Morgan fingerprint density at radius 2 is 1.90 bits per heavy atom. The molecule has 1 aliphatic carbocycles. The van der Waals surface area contributed by atoms with Gasteiger partial charge in [-0.25, -0.2) is 4.99 Å². The van der Waals surface area contributed by atoms with E-state index in [4.69, 9.17) is 17.3 Å². The number of nitrogens with zero attached hydrogens (tertiary/aromatic N) is 2. The van der Waals surface area contributed by atoms with E-state index in [1.807, 2.05) is 0 Å². The molecule has 1 heterocycles. The van der Waals surface area contributed by atoms with Crippen molar-refractivity contribution in [3.05, 3.63) is 70.6 Å². The van der Waals surface area contributed by atoms with Crippen LogP contribution in [0.4, 0.5) is 5.69 Å². The number of halogens is 1. The molecular formula is C15H10ClN3O. The van der Waals surface area contributed by atoms with Gasteiger partial charge in [0.15, 0.2) is 0 Å². The zero-order valence-electron chi connectivity index (χ0n) is 10.4. The number of hydrogen-bond acceptors (Lipinski definition) is 4. The van der Waals surface area contributed by atoms with Gasteiger partial charge in [0.2, 0.25) is 5.78 Å². The summed E-state index contributed by atoms with van der Waals surface area (Å²) < 4.78 is 0. The number of aliphatic imine (C=N–C) groups is 1. The fraction of sp³-hybridized carbons (Fsp3) is 0. The van der Waals surface area contributed by atoms with Gasteiger partial charge in [-0.1, -0.05) is 11.6 Å². The van der Waals surface area contributed by atoms with Crippen molar-refractivity contribution in [3.63, 3.8) is 0 Å². The van der Waals surface area contributed by atoms with Crippen LogP contribution in [0.25, 0.3) is 0 Å². The van der Waals surface area contributed by atoms with E-state index in [0.29, 0.717) is 33.4 Å². The molecule has 98 valence electrons. The van der Waals surface area contributed by atoms with Crippen molar-refractivity contribution >= 4 is 28.8 Å². The minimum atomic E-state index is -0.201. The Kier molecular flexibility index (Phi) is 3.08. The van der Waals surface area contributed by atoms with Crippen molar-refractivity contribution < 1.29 is 4.79 Å². The van der Waals surface area contributed by atoms with E-state index < -0.39 is 0 Å². The molecular weight excluding hydrogens is 274 g/mol. The molecule has 2 aromatic rings. The van der Waals surface area contributed by atoms with Crippen LogP contribution in [0.15, 0.2) is 59.4 Å². The van der Waals surface area contributed by atoms with E-state index in [0.717, 1.165) is 0 Å². The van der Waals surface area contributed by atoms with Gasteiger partial charge >= 0.3 is 0 Å². The highest BCUT2D eigenvalue weighted by molar-refractivity contribution is 6.30. The Morgan fingerprint density at radius 3 is 2.65 bits per heavy atom. The molecule has 1 aromatic carbocycles. The molecule has 1 aliphatic rings. The van der Waals surface area contributed by atoms with Gasteiger partial charge in [-0.15, -0.1) is 0 Å². The summed E-state index contributed by atoms with van der Waals surface area (Å²) in [6, 6.07) is 10.6. The monoisotopic (exact) mass is 283 g/mol. The molecule has 2 N–H and O–H groups in total. The second-order valence-corrected chi connectivity index (χ2v) is 4.74. The second-order valence-electron chi connectivity index (χ2n) is 4.30. The molecule has 0 saturated heterocycles. The summed E-state index contributed by atoms with van der Waals surface area (Å²) in [5.74, 6) is -0.201. The lowest BCUT2D eigenvalue weighted by atomic mass is 9.96. The highest BCUT2D eigenvalue weighted by Crippen LogP contribution is 2.22. The Bertz CT molecular complexity index is 748. The summed E-state index contributed by atoms with van der Waals surface area (Å²) in [5, 5.41) is 0.637. The van der Waals surface area contributed by atoms with Gasteiger partial charge in [-0.2, -0.15) is 0 Å². The third-order valence-corrected chi connectivity index (χ3v) is 3.18. The van der Waals surface area contributed by atoms with Crippen LogP contribution in [0.2, 0.25) is 5.02 Å². The van der Waals surface area contributed by atoms with Gasteiger partial charge in [0.25, 0.3) is 0 Å². The van der Waals surface area contributed by atoms with Crippen molar-refractivity contribution in [1.82, 2.24) is 4.98 Å². The number of carbonyl (C=O) groups is 1. The van der Waals surface area contributed by atoms with E-state index in [1.165, 1.54) is 6.08 Å². The predicted molar refractivity (Wildman–Crippen MR) is 78.5 cm³/mol. The van der Waals surface area contributed by atoms with Gasteiger partial charge in [-0.3, -0.25) is 9.78 Å². The maximum Gasteiger partial charge on any atom is 0.206 e. The lowest BCUT2D eigenvalue weighted by molar-refractivity contribution is 0.104. The first kappa shape index (κ1) is 12.6. The Morgan fingerprint density at radius 1 is 1.15 bits per heavy atom. The number of carbonyl (C=O) groups excluding carboxylic acids is 1. The molecule has 5 heteroatoms. The van der Waals surface area contributed by atoms with Crippen molar-refractivity contribution in [1.29, 1.82) is 0 Å². The standard InChI is InChI=1S/C15H10ClN3O/c16-9-3-5-10(6-4-9)19-14-11-2-1-7-18-15(11)13(20)8-12(14)17/h1-8H,17H2. The third kappa shape index (κ3) is 2.21. The first-order chi connectivity index (χ1) is 9.65. The van der Waals surface area contributed by atoms with E-state index in [9.17, 15) is 4.79 Å². The summed E-state index contributed by atoms with van der Waals surface area (Å²) in [6.45, 7) is 0. The topological polar surface area (TPSA) is 68.3 Å². The van der Waals surface area contributed by atoms with Crippen LogP contribution >= 0.6 is 11.6 Å². The Labute approximate surface area is 120 Å². The minimum Gasteiger partial charge on any atom is -0.397 e. The largest absolute Gasteiger partial charge is 0.397 e. The number of nitrogens with two attached hydrogens (primary N) is 1. The van der Waals surface area contributed by atoms with Crippen LogP contribution < -0.4 is 5.73 Å². The highest BCUT2D eigenvalue weighted by Gasteiger charge is 2.23. The fourth-order valence-corrected chi connectivity index (χ4v) is 2.12. The first-order valence-corrected chi connectivity index (χ1v) is 6.34. The maximum atomic E-state index is 11.8. The van der Waals surface area contributed by atoms with E-state index in [-0.39, 0.29) is 5.78 Å². The van der Waals surface area contributed by atoms with Crippen LogP contribution in [-0.2, 0) is 0 Å². The number of ketones is 1. The molecule has 0 saturated carbocycles. The smallest absolute Gasteiger partial charge is 0.206 e. The van der Waals surface area contributed by atoms with Crippen LogP contribution in [-0.4, -0.2) is 16.5 Å². The Balaban J connectivity index is 2.15. The number of hydrogen-bond donors (Lipinski definition) is 1. The molecule has 20 heavy (non-hydrogen) atoms. The van der Waals surface area contributed by atoms with Crippen LogP contribution in [0, 0.1) is 0 Å². The van der Waals surface area contributed by atoms with Crippen LogP contribution in [0.3, 0.4) is 0 Å². The number of fused-ring (bicyclic) bond motifs is 1. The summed E-state index contributed by atoms with van der Waals surface area (Å²) in [4.78, 5) is 20.4. The van der Waals surface area contributed by atoms with Gasteiger partial charge < -0.3 is 5.73 Å². The molecule has 0 aliphatic heterocycles. The zero-order chi connectivity index (χ0) is 14.1. The average Bonchev–Trinajstić information content (AvgIpc) is 2.45. The number of allylic oxidation sites excluding steroid dienone is 2. The van der Waals surface area contributed by atoms with Crippen molar-refractivity contribution in [3.8, 4) is 0 Å². The molecule has 0 fully saturated rings. The minimum absolute atomic E-state index is 0.201. The number of pyridine rings is 1. The number of rotatable bonds is 1. The molecule has 0 amide bonds. The lowest BCUT2D eigenvalue weighted by Crippen LogP contribution is -2.23. The molecule has 0 atom stereocenters. The van der Waals surface area contributed by atoms with Crippen LogP contribution in [0.5, 0.6) is 0 Å². The molecule has 0 spiro atoms. The molecule has 1 aromatic heterocycles.